The van der Waals surface area contributed by atoms with Gasteiger partial charge in [0, 0.05) is 10.9 Å². The summed E-state index contributed by atoms with van der Waals surface area (Å²) in [5.41, 5.74) is 0.236. The van der Waals surface area contributed by atoms with Gasteiger partial charge in [-0.1, -0.05) is 0 Å². The normalized spacial score (nSPS) is 9.82. The summed E-state index contributed by atoms with van der Waals surface area (Å²) in [5.74, 6) is 0.121. The van der Waals surface area contributed by atoms with Gasteiger partial charge in [-0.25, -0.2) is 0 Å². The van der Waals surface area contributed by atoms with Crippen molar-refractivity contribution < 1.29 is 123 Å². The van der Waals surface area contributed by atoms with Gasteiger partial charge >= 0.3 is 94.4 Å². The van der Waals surface area contributed by atoms with Crippen molar-refractivity contribution >= 4 is 43.4 Å². The molecule has 38 heavy (non-hydrogen) atoms. The molecule has 18 heteroatoms. The Morgan fingerprint density at radius 3 is 1.76 bits per heavy atom. The Kier molecular flexibility index (Phi) is 21.4. The summed E-state index contributed by atoms with van der Waals surface area (Å²) in [6, 6.07) is 5.83. The van der Waals surface area contributed by atoms with Crippen LogP contribution in [0.4, 0.5) is 0 Å². The fourth-order valence-electron chi connectivity index (χ4n) is 3.23. The van der Waals surface area contributed by atoms with E-state index in [0.29, 0.717) is 5.75 Å². The molecule has 3 aromatic rings. The monoisotopic (exact) mass is 795 g/mol. The molecule has 0 radical (unpaired) electrons. The maximum Gasteiger partial charge on any atom is 1.00 e. The molecule has 0 atom stereocenters. The molecule has 0 saturated carbocycles. The molecule has 0 aliphatic rings. The van der Waals surface area contributed by atoms with Crippen LogP contribution >= 0.6 is 26.7 Å². The van der Waals surface area contributed by atoms with Gasteiger partial charge < -0.3 is 54.5 Å². The molecule has 3 rings (SSSR count). The Bertz CT molecular complexity index is 1220. The third kappa shape index (κ3) is 10.1. The molecule has 0 aliphatic heterocycles. The molecule has 0 fully saturated rings. The number of phosphoric acid groups is 1. The molecule has 1 aromatic heterocycles. The predicted molar refractivity (Wildman–Crippen MR) is 127 cm³/mol. The first-order chi connectivity index (χ1) is 16.1. The summed E-state index contributed by atoms with van der Waals surface area (Å²) in [4.78, 5) is 35.8. The van der Waals surface area contributed by atoms with Gasteiger partial charge in [0.1, 0.15) is 13.6 Å². The zero-order valence-electron chi connectivity index (χ0n) is 21.8. The molecule has 2 aromatic carbocycles. The van der Waals surface area contributed by atoms with Gasteiger partial charge in [0.2, 0.25) is 11.5 Å². The number of carbonyl (C=O) groups excluding carboxylic acids is 1. The van der Waals surface area contributed by atoms with Crippen LogP contribution in [0.3, 0.4) is 0 Å². The van der Waals surface area contributed by atoms with Gasteiger partial charge in [0.05, 0.1) is 34.0 Å². The minimum atomic E-state index is -5.42. The Morgan fingerprint density at radius 1 is 0.895 bits per heavy atom. The van der Waals surface area contributed by atoms with Crippen LogP contribution in [0.25, 0.3) is 11.0 Å². The SMILES string of the molecule is COc1cc(C(=O)c2c(C)oc3c(OP(=O)([O-])[O-])c(OC)ccc23)cc(OC)c1OC.N.N.[Cl][Pt][Cl].[Na+].[Na+]. The van der Waals surface area contributed by atoms with Crippen LogP contribution in [0.2, 0.25) is 0 Å². The van der Waals surface area contributed by atoms with Gasteiger partial charge in [-0.05, 0) is 31.2 Å². The van der Waals surface area contributed by atoms with E-state index in [2.05, 4.69) is 4.52 Å². The second-order valence-electron chi connectivity index (χ2n) is 6.33. The number of aryl methyl sites for hydroxylation is 1. The summed E-state index contributed by atoms with van der Waals surface area (Å²) in [7, 11) is 9.88. The number of furan rings is 1. The van der Waals surface area contributed by atoms with Crippen molar-refractivity contribution in [2.75, 3.05) is 28.4 Å². The van der Waals surface area contributed by atoms with Gasteiger partial charge in [-0.15, -0.1) is 0 Å². The maximum absolute atomic E-state index is 13.4. The van der Waals surface area contributed by atoms with E-state index in [1.54, 1.807) is 0 Å². The zero-order valence-corrected chi connectivity index (χ0v) is 30.5. The average molecular weight is 796 g/mol. The number of phosphoric ester groups is 1. The van der Waals surface area contributed by atoms with E-state index < -0.39 is 35.8 Å². The van der Waals surface area contributed by atoms with E-state index in [1.807, 2.05) is 0 Å². The first kappa shape index (κ1) is 42.5. The summed E-state index contributed by atoms with van der Waals surface area (Å²) in [6.07, 6.45) is 0. The van der Waals surface area contributed by atoms with E-state index in [0.717, 1.165) is 0 Å². The Labute approximate surface area is 280 Å². The van der Waals surface area contributed by atoms with Gasteiger partial charge in [0.15, 0.2) is 28.6 Å². The number of carbonyl (C=O) groups is 1. The minimum absolute atomic E-state index is 0. The molecule has 0 saturated heterocycles. The topological polar surface area (TPSA) is 210 Å². The van der Waals surface area contributed by atoms with Gasteiger partial charge in [-0.2, -0.15) is 0 Å². The van der Waals surface area contributed by atoms with Crippen molar-refractivity contribution in [2.24, 2.45) is 0 Å². The number of hydrogen-bond acceptors (Lipinski definition) is 12. The van der Waals surface area contributed by atoms with Crippen molar-refractivity contribution in [1.29, 1.82) is 0 Å². The average Bonchev–Trinajstić information content (AvgIpc) is 3.13. The molecule has 0 spiro atoms. The fourth-order valence-corrected chi connectivity index (χ4v) is 3.63. The minimum Gasteiger partial charge on any atom is 1.00 e. The van der Waals surface area contributed by atoms with Crippen LogP contribution in [-0.4, -0.2) is 34.2 Å². The summed E-state index contributed by atoms with van der Waals surface area (Å²) < 4.78 is 42.3. The number of rotatable bonds is 8. The Morgan fingerprint density at radius 2 is 1.37 bits per heavy atom. The van der Waals surface area contributed by atoms with Crippen molar-refractivity contribution in [1.82, 2.24) is 12.3 Å². The van der Waals surface area contributed by atoms with E-state index in [-0.39, 0.29) is 117 Å². The largest absolute Gasteiger partial charge is 1.00 e. The number of halogens is 2. The third-order valence-electron chi connectivity index (χ3n) is 4.53. The van der Waals surface area contributed by atoms with Crippen LogP contribution in [-0.2, 0) is 21.0 Å². The van der Waals surface area contributed by atoms with Crippen LogP contribution in [0.5, 0.6) is 28.7 Å². The molecule has 0 unspecified atom stereocenters. The molecule has 0 amide bonds. The smallest absolute Gasteiger partial charge is 1.00 e. The molecule has 6 N–H and O–H groups in total. The number of fused-ring (bicyclic) bond motifs is 1. The van der Waals surface area contributed by atoms with Gasteiger partial charge in [0.25, 0.3) is 0 Å². The first-order valence-corrected chi connectivity index (χ1v) is 16.1. The van der Waals surface area contributed by atoms with E-state index >= 15 is 0 Å². The van der Waals surface area contributed by atoms with Gasteiger partial charge in [-0.3, -0.25) is 4.79 Å². The molecular formula is C20H25Cl2N2Na2O10PPt. The number of hydrogen-bond donors (Lipinski definition) is 2. The summed E-state index contributed by atoms with van der Waals surface area (Å²) >= 11 is -0.472. The molecule has 1 heterocycles. The quantitative estimate of drug-likeness (QED) is 0.143. The first-order valence-electron chi connectivity index (χ1n) is 9.05. The number of ketones is 1. The van der Waals surface area contributed by atoms with Crippen molar-refractivity contribution in [3.05, 3.63) is 41.2 Å². The van der Waals surface area contributed by atoms with Crippen molar-refractivity contribution in [2.45, 2.75) is 6.92 Å². The van der Waals surface area contributed by atoms with Crippen LogP contribution < -0.4 is 105 Å². The third-order valence-corrected chi connectivity index (χ3v) is 4.94. The molecule has 206 valence electrons. The van der Waals surface area contributed by atoms with E-state index in [9.17, 15) is 19.1 Å². The Hall–Kier alpha value is -0.0117. The summed E-state index contributed by atoms with van der Waals surface area (Å²) in [5, 5.41) is 0.237. The maximum atomic E-state index is 13.4. The van der Waals surface area contributed by atoms with E-state index in [4.69, 9.17) is 42.2 Å². The number of methoxy groups -OCH3 is 4. The fraction of sp³-hybridized carbons (Fsp3) is 0.250. The zero-order chi connectivity index (χ0) is 25.6. The second-order valence-corrected chi connectivity index (χ2v) is 10.7. The van der Waals surface area contributed by atoms with Crippen LogP contribution in [0.1, 0.15) is 21.7 Å². The standard InChI is InChI=1S/C20H21O10P.2ClH.2H3N.2Na.Pt/c1-10-16(17(21)11-8-14(26-3)19(28-5)15(9-11)27-4)12-6-7-13(25-2)20(18(12)29-10)30-31(22,23)24;;;;;;;/h6-9H,1-5H3,(H2,22,23,24);2*1H;2*1H3;;;/q;;;;;2*+1;+2/p-4. The summed E-state index contributed by atoms with van der Waals surface area (Å²) in [6.45, 7) is 1.52. The molecule has 0 bridgehead atoms. The second kappa shape index (κ2) is 19.2. The van der Waals surface area contributed by atoms with Crippen LogP contribution in [0, 0.1) is 6.92 Å². The Balaban J connectivity index is -0.00000167. The molecular weight excluding hydrogens is 771 g/mol. The van der Waals surface area contributed by atoms with E-state index in [1.165, 1.54) is 59.6 Å². The number of ether oxygens (including phenoxy) is 4. The van der Waals surface area contributed by atoms with Crippen molar-refractivity contribution in [3.63, 3.8) is 0 Å². The number of benzene rings is 2. The van der Waals surface area contributed by atoms with Crippen molar-refractivity contribution in [3.8, 4) is 28.7 Å². The molecule has 12 nitrogen and oxygen atoms in total. The predicted octanol–water partition coefficient (Wildman–Crippen LogP) is -2.08. The molecule has 0 aliphatic carbocycles. The van der Waals surface area contributed by atoms with Crippen LogP contribution in [0.15, 0.2) is 28.7 Å².